The fourth-order valence-corrected chi connectivity index (χ4v) is 5.93. The van der Waals surface area contributed by atoms with Crippen molar-refractivity contribution >= 4 is 22.9 Å². The highest BCUT2D eigenvalue weighted by molar-refractivity contribution is 5.82. The minimum absolute atomic E-state index is 0.192. The van der Waals surface area contributed by atoms with Crippen LogP contribution in [0.3, 0.4) is 0 Å². The van der Waals surface area contributed by atoms with Gasteiger partial charge < -0.3 is 16.5 Å². The summed E-state index contributed by atoms with van der Waals surface area (Å²) in [5.41, 5.74) is 13.4. The zero-order valence-electron chi connectivity index (χ0n) is 12.7. The van der Waals surface area contributed by atoms with Crippen LogP contribution in [0, 0.1) is 23.2 Å². The van der Waals surface area contributed by atoms with Gasteiger partial charge in [0.1, 0.15) is 11.3 Å². The number of rotatable bonds is 2. The molecule has 6 heteroatoms. The first kappa shape index (κ1) is 12.7. The summed E-state index contributed by atoms with van der Waals surface area (Å²) >= 11 is 0. The molecule has 5 N–H and O–H groups in total. The topological polar surface area (TPSA) is 106 Å². The number of nitrogen functional groups attached to an aromatic ring is 2. The van der Waals surface area contributed by atoms with Crippen LogP contribution in [0.25, 0.3) is 11.2 Å². The van der Waals surface area contributed by atoms with Crippen molar-refractivity contribution in [1.29, 1.82) is 0 Å². The summed E-state index contributed by atoms with van der Waals surface area (Å²) in [6.07, 6.45) is 9.54. The molecule has 2 aromatic heterocycles. The highest BCUT2D eigenvalue weighted by Gasteiger charge is 2.51. The fourth-order valence-electron chi connectivity index (χ4n) is 5.93. The lowest BCUT2D eigenvalue weighted by Crippen LogP contribution is -2.47. The third-order valence-corrected chi connectivity index (χ3v) is 6.15. The fraction of sp³-hybridized carbons (Fsp3) is 0.688. The van der Waals surface area contributed by atoms with Gasteiger partial charge in [0, 0.05) is 6.42 Å². The number of hydrogen-bond donors (Lipinski definition) is 3. The minimum atomic E-state index is 0.192. The van der Waals surface area contributed by atoms with Crippen molar-refractivity contribution in [3.63, 3.8) is 0 Å². The van der Waals surface area contributed by atoms with Crippen LogP contribution in [-0.4, -0.2) is 19.9 Å². The lowest BCUT2D eigenvalue weighted by atomic mass is 9.49. The molecule has 6 rings (SSSR count). The Kier molecular flexibility index (Phi) is 2.37. The molecule has 4 aliphatic carbocycles. The Morgan fingerprint density at radius 2 is 1.59 bits per heavy atom. The molecule has 0 aromatic carbocycles. The molecule has 22 heavy (non-hydrogen) atoms. The van der Waals surface area contributed by atoms with E-state index in [2.05, 4.69) is 19.9 Å². The Morgan fingerprint density at radius 3 is 2.23 bits per heavy atom. The van der Waals surface area contributed by atoms with Gasteiger partial charge in [-0.2, -0.15) is 9.97 Å². The molecule has 4 bridgehead atoms. The first-order valence-corrected chi connectivity index (χ1v) is 8.36. The van der Waals surface area contributed by atoms with Crippen molar-refractivity contribution in [1.82, 2.24) is 19.9 Å². The summed E-state index contributed by atoms with van der Waals surface area (Å²) in [7, 11) is 0. The molecular formula is C16H22N6. The predicted octanol–water partition coefficient (Wildman–Crippen LogP) is 2.28. The molecule has 6 nitrogen and oxygen atoms in total. The van der Waals surface area contributed by atoms with Crippen molar-refractivity contribution in [2.75, 3.05) is 11.5 Å². The third kappa shape index (κ3) is 1.82. The third-order valence-electron chi connectivity index (χ3n) is 6.15. The average Bonchev–Trinajstić information content (AvgIpc) is 2.78. The number of nitrogens with one attached hydrogen (secondary N) is 1. The summed E-state index contributed by atoms with van der Waals surface area (Å²) in [6.45, 7) is 0. The van der Waals surface area contributed by atoms with Crippen molar-refractivity contribution in [3.05, 3.63) is 5.82 Å². The van der Waals surface area contributed by atoms with Gasteiger partial charge in [-0.05, 0) is 61.7 Å². The van der Waals surface area contributed by atoms with E-state index >= 15 is 0 Å². The number of fused-ring (bicyclic) bond motifs is 1. The lowest BCUT2D eigenvalue weighted by Gasteiger charge is -2.56. The van der Waals surface area contributed by atoms with E-state index in [0.717, 1.165) is 35.5 Å². The Labute approximate surface area is 129 Å². The highest BCUT2D eigenvalue weighted by Crippen LogP contribution is 2.60. The number of aromatic amines is 1. The Hall–Kier alpha value is -1.85. The predicted molar refractivity (Wildman–Crippen MR) is 84.8 cm³/mol. The molecule has 2 aromatic rings. The van der Waals surface area contributed by atoms with Crippen LogP contribution in [0.15, 0.2) is 0 Å². The summed E-state index contributed by atoms with van der Waals surface area (Å²) < 4.78 is 0. The molecule has 4 saturated carbocycles. The second kappa shape index (κ2) is 4.12. The summed E-state index contributed by atoms with van der Waals surface area (Å²) in [6, 6.07) is 0. The van der Waals surface area contributed by atoms with E-state index in [1.165, 1.54) is 38.5 Å². The monoisotopic (exact) mass is 298 g/mol. The molecule has 0 aliphatic heterocycles. The van der Waals surface area contributed by atoms with Gasteiger partial charge in [-0.1, -0.05) is 0 Å². The number of anilines is 2. The second-order valence-electron chi connectivity index (χ2n) is 7.94. The minimum Gasteiger partial charge on any atom is -0.382 e. The Morgan fingerprint density at radius 1 is 0.955 bits per heavy atom. The molecule has 0 amide bonds. The van der Waals surface area contributed by atoms with Gasteiger partial charge in [-0.25, -0.2) is 4.98 Å². The van der Waals surface area contributed by atoms with Crippen molar-refractivity contribution in [2.24, 2.45) is 23.2 Å². The molecule has 116 valence electrons. The maximum Gasteiger partial charge on any atom is 0.224 e. The standard InChI is InChI=1S/C16H22N6/c17-13-12-14(22-15(18)21-13)20-11(19-12)7-16-4-8-1-9(5-16)3-10(2-8)6-16/h8-10H,1-7H2,(H5,17,18,19,20,21,22). The van der Waals surface area contributed by atoms with Crippen molar-refractivity contribution < 1.29 is 0 Å². The lowest BCUT2D eigenvalue weighted by molar-refractivity contribution is -0.0530. The summed E-state index contributed by atoms with van der Waals surface area (Å²) in [4.78, 5) is 16.2. The summed E-state index contributed by atoms with van der Waals surface area (Å²) in [5, 5.41) is 0. The first-order chi connectivity index (χ1) is 10.6. The van der Waals surface area contributed by atoms with Crippen LogP contribution in [0.2, 0.25) is 0 Å². The van der Waals surface area contributed by atoms with Crippen LogP contribution < -0.4 is 11.5 Å². The Bertz CT molecular complexity index is 713. The van der Waals surface area contributed by atoms with Gasteiger partial charge in [0.15, 0.2) is 11.5 Å². The molecule has 0 unspecified atom stereocenters. The van der Waals surface area contributed by atoms with Crippen LogP contribution >= 0.6 is 0 Å². The van der Waals surface area contributed by atoms with E-state index in [0.29, 0.717) is 16.9 Å². The number of nitrogens with two attached hydrogens (primary N) is 2. The van der Waals surface area contributed by atoms with Gasteiger partial charge in [0.2, 0.25) is 5.95 Å². The van der Waals surface area contributed by atoms with E-state index in [9.17, 15) is 0 Å². The van der Waals surface area contributed by atoms with E-state index in [4.69, 9.17) is 11.5 Å². The second-order valence-corrected chi connectivity index (χ2v) is 7.94. The zero-order valence-corrected chi connectivity index (χ0v) is 12.7. The van der Waals surface area contributed by atoms with Gasteiger partial charge in [0.05, 0.1) is 0 Å². The molecule has 0 radical (unpaired) electrons. The van der Waals surface area contributed by atoms with Crippen LogP contribution in [0.1, 0.15) is 44.3 Å². The SMILES string of the molecule is Nc1nc(N)c2[nH]c(CC34CC5CC(CC(C5)C3)C4)nc2n1. The van der Waals surface area contributed by atoms with Gasteiger partial charge in [-0.3, -0.25) is 0 Å². The number of hydrogen-bond acceptors (Lipinski definition) is 5. The van der Waals surface area contributed by atoms with Gasteiger partial charge >= 0.3 is 0 Å². The van der Waals surface area contributed by atoms with E-state index in [1.807, 2.05) is 0 Å². The van der Waals surface area contributed by atoms with Crippen molar-refractivity contribution in [3.8, 4) is 0 Å². The highest BCUT2D eigenvalue weighted by atomic mass is 15.1. The average molecular weight is 298 g/mol. The molecular weight excluding hydrogens is 276 g/mol. The van der Waals surface area contributed by atoms with Gasteiger partial charge in [0.25, 0.3) is 0 Å². The number of aromatic nitrogens is 4. The largest absolute Gasteiger partial charge is 0.382 e. The molecule has 2 heterocycles. The smallest absolute Gasteiger partial charge is 0.224 e. The molecule has 0 atom stereocenters. The maximum absolute atomic E-state index is 5.93. The quantitative estimate of drug-likeness (QED) is 0.788. The first-order valence-electron chi connectivity index (χ1n) is 8.36. The van der Waals surface area contributed by atoms with Crippen LogP contribution in [0.5, 0.6) is 0 Å². The number of imidazole rings is 1. The van der Waals surface area contributed by atoms with E-state index in [-0.39, 0.29) is 5.95 Å². The summed E-state index contributed by atoms with van der Waals surface area (Å²) in [5.74, 6) is 4.46. The molecule has 4 fully saturated rings. The molecule has 4 aliphatic rings. The zero-order chi connectivity index (χ0) is 14.9. The van der Waals surface area contributed by atoms with E-state index < -0.39 is 0 Å². The Balaban J connectivity index is 1.50. The molecule has 0 spiro atoms. The van der Waals surface area contributed by atoms with Crippen LogP contribution in [-0.2, 0) is 6.42 Å². The number of H-pyrrole nitrogens is 1. The normalized spacial score (nSPS) is 36.3. The number of nitrogens with zero attached hydrogens (tertiary/aromatic N) is 3. The molecule has 0 saturated heterocycles. The van der Waals surface area contributed by atoms with Crippen molar-refractivity contribution in [2.45, 2.75) is 44.9 Å². The van der Waals surface area contributed by atoms with Crippen LogP contribution in [0.4, 0.5) is 11.8 Å². The van der Waals surface area contributed by atoms with E-state index in [1.54, 1.807) is 0 Å². The maximum atomic E-state index is 5.93. The van der Waals surface area contributed by atoms with Gasteiger partial charge in [-0.15, -0.1) is 0 Å².